The number of nitrogens with zero attached hydrogens (tertiary/aromatic N) is 4. The molecule has 0 saturated carbocycles. The Morgan fingerprint density at radius 1 is 1.57 bits per heavy atom. The second-order valence-corrected chi connectivity index (χ2v) is 2.67. The first kappa shape index (κ1) is 10.4. The first-order valence-corrected chi connectivity index (χ1v) is 4.00. The van der Waals surface area contributed by atoms with Crippen molar-refractivity contribution in [2.24, 2.45) is 5.16 Å². The highest BCUT2D eigenvalue weighted by Gasteiger charge is 2.09. The lowest BCUT2D eigenvalue weighted by atomic mass is 10.5. The van der Waals surface area contributed by atoms with Crippen molar-refractivity contribution in [2.75, 3.05) is 19.0 Å². The first-order valence-electron chi connectivity index (χ1n) is 4.00. The van der Waals surface area contributed by atoms with Crippen LogP contribution in [0.5, 0.6) is 6.01 Å². The number of aromatic nitrogens is 2. The summed E-state index contributed by atoms with van der Waals surface area (Å²) < 4.78 is 13.1. The van der Waals surface area contributed by atoms with Gasteiger partial charge in [0.15, 0.2) is 11.6 Å². The molecule has 0 aliphatic heterocycles. The van der Waals surface area contributed by atoms with Gasteiger partial charge in [-0.1, -0.05) is 5.16 Å². The number of hydrogen-bond donors (Lipinski definition) is 0. The molecule has 0 atom stereocenters. The maximum atomic E-state index is 13.1. The summed E-state index contributed by atoms with van der Waals surface area (Å²) in [7, 11) is 3.36. The topological polar surface area (TPSA) is 50.6 Å². The van der Waals surface area contributed by atoms with Gasteiger partial charge in [0.05, 0.1) is 6.20 Å². The van der Waals surface area contributed by atoms with Crippen molar-refractivity contribution in [1.82, 2.24) is 9.97 Å². The molecule has 1 aromatic rings. The molecule has 0 fully saturated rings. The monoisotopic (exact) mass is 198 g/mol. The van der Waals surface area contributed by atoms with Crippen LogP contribution in [0.4, 0.5) is 10.2 Å². The molecule has 6 heteroatoms. The van der Waals surface area contributed by atoms with Crippen LogP contribution in [0.1, 0.15) is 6.92 Å². The largest absolute Gasteiger partial charge is 0.360 e. The van der Waals surface area contributed by atoms with Gasteiger partial charge in [-0.2, -0.15) is 9.97 Å². The van der Waals surface area contributed by atoms with Gasteiger partial charge in [0.2, 0.25) is 0 Å². The highest BCUT2D eigenvalue weighted by Crippen LogP contribution is 2.15. The van der Waals surface area contributed by atoms with Crippen molar-refractivity contribution in [3.05, 3.63) is 12.0 Å². The molecule has 0 radical (unpaired) electrons. The van der Waals surface area contributed by atoms with Gasteiger partial charge in [-0.25, -0.2) is 4.39 Å². The average molecular weight is 198 g/mol. The molecule has 0 bridgehead atoms. The lowest BCUT2D eigenvalue weighted by Crippen LogP contribution is -2.13. The molecule has 0 N–H and O–H groups in total. The van der Waals surface area contributed by atoms with Crippen LogP contribution < -0.4 is 9.74 Å². The summed E-state index contributed by atoms with van der Waals surface area (Å²) >= 11 is 0. The summed E-state index contributed by atoms with van der Waals surface area (Å²) in [5.74, 6) is -0.330. The van der Waals surface area contributed by atoms with Crippen LogP contribution in [-0.4, -0.2) is 30.3 Å². The summed E-state index contributed by atoms with van der Waals surface area (Å²) in [6.45, 7) is 1.69. The predicted molar refractivity (Wildman–Crippen MR) is 51.1 cm³/mol. The first-order chi connectivity index (χ1) is 6.65. The molecule has 0 unspecified atom stereocenters. The fourth-order valence-electron chi connectivity index (χ4n) is 0.800. The Bertz CT molecular complexity index is 340. The molecule has 0 saturated heterocycles. The third-order valence-electron chi connectivity index (χ3n) is 1.37. The highest BCUT2D eigenvalue weighted by molar-refractivity contribution is 5.52. The maximum absolute atomic E-state index is 13.1. The molecular weight excluding hydrogens is 187 g/mol. The zero-order valence-electron chi connectivity index (χ0n) is 8.23. The number of halogens is 1. The molecular formula is C8H11FN4O. The van der Waals surface area contributed by atoms with E-state index in [1.807, 2.05) is 0 Å². The van der Waals surface area contributed by atoms with Gasteiger partial charge >= 0.3 is 6.01 Å². The van der Waals surface area contributed by atoms with Crippen LogP contribution in [0.15, 0.2) is 11.4 Å². The molecule has 0 spiro atoms. The molecule has 5 nitrogen and oxygen atoms in total. The smallest absolute Gasteiger partial charge is 0.347 e. The third kappa shape index (κ3) is 2.38. The SMILES string of the molecule is C/C=N/Oc1ncc(F)c(N(C)C)n1. The Morgan fingerprint density at radius 3 is 2.86 bits per heavy atom. The van der Waals surface area contributed by atoms with E-state index in [1.165, 1.54) is 11.1 Å². The van der Waals surface area contributed by atoms with Gasteiger partial charge < -0.3 is 9.74 Å². The Labute approximate surface area is 81.2 Å². The lowest BCUT2D eigenvalue weighted by molar-refractivity contribution is 0.313. The van der Waals surface area contributed by atoms with E-state index in [0.29, 0.717) is 0 Å². The Morgan fingerprint density at radius 2 is 2.29 bits per heavy atom. The van der Waals surface area contributed by atoms with E-state index in [-0.39, 0.29) is 11.8 Å². The van der Waals surface area contributed by atoms with Crippen molar-refractivity contribution < 1.29 is 9.23 Å². The van der Waals surface area contributed by atoms with Crippen molar-refractivity contribution in [3.8, 4) is 6.01 Å². The molecule has 14 heavy (non-hydrogen) atoms. The lowest BCUT2D eigenvalue weighted by Gasteiger charge is -2.11. The minimum atomic E-state index is -0.497. The molecule has 0 aliphatic rings. The Hall–Kier alpha value is -1.72. The van der Waals surface area contributed by atoms with Crippen molar-refractivity contribution >= 4 is 12.0 Å². The van der Waals surface area contributed by atoms with Gasteiger partial charge in [-0.05, 0) is 6.92 Å². The highest BCUT2D eigenvalue weighted by atomic mass is 19.1. The summed E-state index contributed by atoms with van der Waals surface area (Å²) in [6.07, 6.45) is 2.49. The van der Waals surface area contributed by atoms with Gasteiger partial charge in [-0.15, -0.1) is 0 Å². The molecule has 1 aromatic heterocycles. The van der Waals surface area contributed by atoms with E-state index in [4.69, 9.17) is 4.84 Å². The molecule has 0 aliphatic carbocycles. The van der Waals surface area contributed by atoms with E-state index >= 15 is 0 Å². The number of oxime groups is 1. The van der Waals surface area contributed by atoms with Crippen LogP contribution in [0, 0.1) is 5.82 Å². The molecule has 0 aromatic carbocycles. The minimum absolute atomic E-state index is 0.0215. The van der Waals surface area contributed by atoms with Crippen molar-refractivity contribution in [1.29, 1.82) is 0 Å². The van der Waals surface area contributed by atoms with E-state index in [0.717, 1.165) is 6.20 Å². The third-order valence-corrected chi connectivity index (χ3v) is 1.37. The number of anilines is 1. The summed E-state index contributed by atoms with van der Waals surface area (Å²) in [5, 5.41) is 3.48. The Balaban J connectivity index is 2.94. The van der Waals surface area contributed by atoms with E-state index in [1.54, 1.807) is 21.0 Å². The predicted octanol–water partition coefficient (Wildman–Crippen LogP) is 1.07. The van der Waals surface area contributed by atoms with Crippen LogP contribution in [0.25, 0.3) is 0 Å². The van der Waals surface area contributed by atoms with Gasteiger partial charge in [0, 0.05) is 20.3 Å². The number of rotatable bonds is 3. The van der Waals surface area contributed by atoms with E-state index in [9.17, 15) is 4.39 Å². The van der Waals surface area contributed by atoms with Crippen LogP contribution in [0.2, 0.25) is 0 Å². The van der Waals surface area contributed by atoms with Crippen molar-refractivity contribution in [2.45, 2.75) is 6.92 Å². The Kier molecular flexibility index (Phi) is 3.33. The van der Waals surface area contributed by atoms with Crippen LogP contribution in [-0.2, 0) is 0 Å². The fourth-order valence-corrected chi connectivity index (χ4v) is 0.800. The maximum Gasteiger partial charge on any atom is 0.347 e. The van der Waals surface area contributed by atoms with E-state index < -0.39 is 5.82 Å². The van der Waals surface area contributed by atoms with Crippen LogP contribution >= 0.6 is 0 Å². The normalized spacial score (nSPS) is 10.6. The fraction of sp³-hybridized carbons (Fsp3) is 0.375. The standard InChI is InChI=1S/C8H11FN4O/c1-4-11-14-8-10-5-6(9)7(12-8)13(2)3/h4-5H,1-3H3/b11-4+. The summed E-state index contributed by atoms with van der Waals surface area (Å²) in [4.78, 5) is 13.7. The van der Waals surface area contributed by atoms with Gasteiger partial charge in [0.1, 0.15) is 0 Å². The average Bonchev–Trinajstić information content (AvgIpc) is 2.16. The van der Waals surface area contributed by atoms with E-state index in [2.05, 4.69) is 15.1 Å². The summed E-state index contributed by atoms with van der Waals surface area (Å²) in [5.41, 5.74) is 0. The zero-order chi connectivity index (χ0) is 10.6. The second-order valence-electron chi connectivity index (χ2n) is 2.67. The molecule has 76 valence electrons. The summed E-state index contributed by atoms with van der Waals surface area (Å²) in [6, 6.07) is 0.0215. The zero-order valence-corrected chi connectivity index (χ0v) is 8.23. The molecule has 1 heterocycles. The number of hydrogen-bond acceptors (Lipinski definition) is 5. The minimum Gasteiger partial charge on any atom is -0.360 e. The van der Waals surface area contributed by atoms with Gasteiger partial charge in [0.25, 0.3) is 0 Å². The molecule has 0 amide bonds. The van der Waals surface area contributed by atoms with Crippen LogP contribution in [0.3, 0.4) is 0 Å². The quantitative estimate of drug-likeness (QED) is 0.538. The molecule has 1 rings (SSSR count). The van der Waals surface area contributed by atoms with Crippen molar-refractivity contribution in [3.63, 3.8) is 0 Å². The van der Waals surface area contributed by atoms with Gasteiger partial charge in [-0.3, -0.25) is 0 Å². The second kappa shape index (κ2) is 4.50.